The average Bonchev–Trinajstić information content (AvgIpc) is 2.39. The minimum Gasteiger partial charge on any atom is -0.457 e. The third kappa shape index (κ3) is 3.74. The topological polar surface area (TPSA) is 35.2 Å². The molecule has 2 rings (SSSR count). The summed E-state index contributed by atoms with van der Waals surface area (Å²) in [7, 11) is 0. The van der Waals surface area contributed by atoms with E-state index in [0.717, 1.165) is 16.1 Å². The summed E-state index contributed by atoms with van der Waals surface area (Å²) in [5, 5.41) is 0.720. The summed E-state index contributed by atoms with van der Waals surface area (Å²) >= 11 is 6.15. The maximum Gasteiger partial charge on any atom is 0.133 e. The van der Waals surface area contributed by atoms with E-state index in [1.807, 2.05) is 32.9 Å². The second-order valence-corrected chi connectivity index (χ2v) is 5.75. The fraction of sp³-hybridized carbons (Fsp3) is 0.294. The first-order valence-electron chi connectivity index (χ1n) is 6.86. The first-order chi connectivity index (χ1) is 9.88. The molecule has 0 heterocycles. The van der Waals surface area contributed by atoms with Crippen LogP contribution in [-0.2, 0) is 6.42 Å². The van der Waals surface area contributed by atoms with Gasteiger partial charge in [-0.1, -0.05) is 17.7 Å². The average molecular weight is 308 g/mol. The van der Waals surface area contributed by atoms with Crippen molar-refractivity contribution in [1.29, 1.82) is 0 Å². The number of halogens is 2. The number of aryl methyl sites for hydroxylation is 2. The zero-order valence-electron chi connectivity index (χ0n) is 12.4. The summed E-state index contributed by atoms with van der Waals surface area (Å²) in [5.41, 5.74) is 8.14. The van der Waals surface area contributed by atoms with Gasteiger partial charge in [-0.3, -0.25) is 0 Å². The fourth-order valence-electron chi connectivity index (χ4n) is 2.25. The zero-order valence-corrected chi connectivity index (χ0v) is 13.2. The zero-order chi connectivity index (χ0) is 15.6. The van der Waals surface area contributed by atoms with Crippen LogP contribution < -0.4 is 10.5 Å². The largest absolute Gasteiger partial charge is 0.457 e. The van der Waals surface area contributed by atoms with Crippen LogP contribution in [0.1, 0.15) is 23.6 Å². The van der Waals surface area contributed by atoms with Gasteiger partial charge in [-0.25, -0.2) is 4.39 Å². The van der Waals surface area contributed by atoms with Gasteiger partial charge in [0.15, 0.2) is 0 Å². The van der Waals surface area contributed by atoms with E-state index in [1.165, 1.54) is 6.07 Å². The standard InChI is InChI=1S/C17H19ClFNO/c1-10-7-13(8-11(2)17(10)18)21-16-6-4-5-15(19)14(16)9-12(3)20/h4-8,12H,9,20H2,1-3H3. The SMILES string of the molecule is Cc1cc(Oc2cccc(F)c2CC(C)N)cc(C)c1Cl. The lowest BCUT2D eigenvalue weighted by Crippen LogP contribution is -2.19. The summed E-state index contributed by atoms with van der Waals surface area (Å²) in [4.78, 5) is 0. The van der Waals surface area contributed by atoms with Crippen molar-refractivity contribution in [2.24, 2.45) is 5.73 Å². The second-order valence-electron chi connectivity index (χ2n) is 5.37. The van der Waals surface area contributed by atoms with Crippen molar-refractivity contribution in [2.45, 2.75) is 33.2 Å². The number of hydrogen-bond donors (Lipinski definition) is 1. The van der Waals surface area contributed by atoms with Crippen LogP contribution in [-0.4, -0.2) is 6.04 Å². The molecule has 4 heteroatoms. The van der Waals surface area contributed by atoms with E-state index in [1.54, 1.807) is 12.1 Å². The lowest BCUT2D eigenvalue weighted by atomic mass is 10.1. The molecule has 0 bridgehead atoms. The molecule has 0 aliphatic rings. The normalized spacial score (nSPS) is 12.3. The Morgan fingerprint density at radius 3 is 2.43 bits per heavy atom. The number of nitrogens with two attached hydrogens (primary N) is 1. The smallest absolute Gasteiger partial charge is 0.133 e. The molecule has 2 aromatic carbocycles. The lowest BCUT2D eigenvalue weighted by Gasteiger charge is -2.15. The van der Waals surface area contributed by atoms with Crippen molar-refractivity contribution in [3.63, 3.8) is 0 Å². The minimum atomic E-state index is -0.299. The number of ether oxygens (including phenoxy) is 1. The molecular formula is C17H19ClFNO. The molecule has 1 unspecified atom stereocenters. The minimum absolute atomic E-state index is 0.141. The predicted molar refractivity (Wildman–Crippen MR) is 84.8 cm³/mol. The maximum atomic E-state index is 14.0. The summed E-state index contributed by atoms with van der Waals surface area (Å²) in [6.45, 7) is 5.67. The Kier molecular flexibility index (Phi) is 4.86. The van der Waals surface area contributed by atoms with Gasteiger partial charge in [0.25, 0.3) is 0 Å². The monoisotopic (exact) mass is 307 g/mol. The van der Waals surface area contributed by atoms with Crippen molar-refractivity contribution in [2.75, 3.05) is 0 Å². The van der Waals surface area contributed by atoms with E-state index in [4.69, 9.17) is 22.1 Å². The van der Waals surface area contributed by atoms with Gasteiger partial charge in [-0.2, -0.15) is 0 Å². The predicted octanol–water partition coefficient (Wildman–Crippen LogP) is 4.78. The van der Waals surface area contributed by atoms with Gasteiger partial charge in [0, 0.05) is 16.6 Å². The van der Waals surface area contributed by atoms with Gasteiger partial charge < -0.3 is 10.5 Å². The van der Waals surface area contributed by atoms with Crippen LogP contribution in [0, 0.1) is 19.7 Å². The van der Waals surface area contributed by atoms with Crippen molar-refractivity contribution < 1.29 is 9.13 Å². The molecule has 112 valence electrons. The summed E-state index contributed by atoms with van der Waals surface area (Å²) in [6.07, 6.45) is 0.424. The first kappa shape index (κ1) is 15.8. The summed E-state index contributed by atoms with van der Waals surface area (Å²) < 4.78 is 19.8. The van der Waals surface area contributed by atoms with Crippen molar-refractivity contribution in [1.82, 2.24) is 0 Å². The van der Waals surface area contributed by atoms with Crippen LogP contribution >= 0.6 is 11.6 Å². The molecule has 0 radical (unpaired) electrons. The highest BCUT2D eigenvalue weighted by Crippen LogP contribution is 2.32. The van der Waals surface area contributed by atoms with Gasteiger partial charge in [-0.05, 0) is 62.6 Å². The molecule has 0 amide bonds. The van der Waals surface area contributed by atoms with Gasteiger partial charge in [-0.15, -0.1) is 0 Å². The quantitative estimate of drug-likeness (QED) is 0.882. The van der Waals surface area contributed by atoms with Crippen molar-refractivity contribution >= 4 is 11.6 Å². The molecule has 0 saturated heterocycles. The Morgan fingerprint density at radius 1 is 1.24 bits per heavy atom. The van der Waals surface area contributed by atoms with E-state index in [9.17, 15) is 4.39 Å². The Labute approximate surface area is 129 Å². The lowest BCUT2D eigenvalue weighted by molar-refractivity contribution is 0.463. The maximum absolute atomic E-state index is 14.0. The van der Waals surface area contributed by atoms with Crippen LogP contribution in [0.2, 0.25) is 5.02 Å². The Balaban J connectivity index is 2.38. The first-order valence-corrected chi connectivity index (χ1v) is 7.24. The molecular weight excluding hydrogens is 289 g/mol. The summed E-state index contributed by atoms with van der Waals surface area (Å²) in [6, 6.07) is 8.35. The fourth-order valence-corrected chi connectivity index (χ4v) is 2.36. The van der Waals surface area contributed by atoms with Crippen molar-refractivity contribution in [3.8, 4) is 11.5 Å². The summed E-state index contributed by atoms with van der Waals surface area (Å²) in [5.74, 6) is 0.839. The number of benzene rings is 2. The highest BCUT2D eigenvalue weighted by molar-refractivity contribution is 6.32. The van der Waals surface area contributed by atoms with E-state index in [2.05, 4.69) is 0 Å². The van der Waals surface area contributed by atoms with E-state index >= 15 is 0 Å². The van der Waals surface area contributed by atoms with Crippen molar-refractivity contribution in [3.05, 3.63) is 57.9 Å². The molecule has 1 atom stereocenters. The highest BCUT2D eigenvalue weighted by Gasteiger charge is 2.13. The third-order valence-electron chi connectivity index (χ3n) is 3.24. The molecule has 2 aromatic rings. The molecule has 2 N–H and O–H groups in total. The van der Waals surface area contributed by atoms with Crippen LogP contribution in [0.15, 0.2) is 30.3 Å². The van der Waals surface area contributed by atoms with Crippen LogP contribution in [0.5, 0.6) is 11.5 Å². The second kappa shape index (κ2) is 6.46. The van der Waals surface area contributed by atoms with E-state index < -0.39 is 0 Å². The Bertz CT molecular complexity index is 632. The molecule has 0 fully saturated rings. The van der Waals surface area contributed by atoms with Gasteiger partial charge in [0.1, 0.15) is 17.3 Å². The van der Waals surface area contributed by atoms with Gasteiger partial charge >= 0.3 is 0 Å². The van der Waals surface area contributed by atoms with Crippen LogP contribution in [0.3, 0.4) is 0 Å². The molecule has 0 spiro atoms. The van der Waals surface area contributed by atoms with E-state index in [-0.39, 0.29) is 11.9 Å². The van der Waals surface area contributed by atoms with Crippen LogP contribution in [0.4, 0.5) is 4.39 Å². The van der Waals surface area contributed by atoms with Gasteiger partial charge in [0.05, 0.1) is 0 Å². The Hall–Kier alpha value is -1.58. The molecule has 0 aliphatic carbocycles. The highest BCUT2D eigenvalue weighted by atomic mass is 35.5. The van der Waals surface area contributed by atoms with E-state index in [0.29, 0.717) is 23.5 Å². The molecule has 21 heavy (non-hydrogen) atoms. The van der Waals surface area contributed by atoms with Gasteiger partial charge in [0.2, 0.25) is 0 Å². The molecule has 0 aromatic heterocycles. The molecule has 0 saturated carbocycles. The number of rotatable bonds is 4. The number of hydrogen-bond acceptors (Lipinski definition) is 2. The molecule has 0 aliphatic heterocycles. The third-order valence-corrected chi connectivity index (χ3v) is 3.84. The Morgan fingerprint density at radius 2 is 1.86 bits per heavy atom. The molecule has 2 nitrogen and oxygen atoms in total. The van der Waals surface area contributed by atoms with Crippen LogP contribution in [0.25, 0.3) is 0 Å².